The summed E-state index contributed by atoms with van der Waals surface area (Å²) >= 11 is 0. The highest BCUT2D eigenvalue weighted by Crippen LogP contribution is 2.19. The number of carbonyl (C=O) groups excluding carboxylic acids is 1. The van der Waals surface area contributed by atoms with Crippen LogP contribution in [0.4, 0.5) is 10.1 Å². The van der Waals surface area contributed by atoms with E-state index >= 15 is 0 Å². The Morgan fingerprint density at radius 3 is 2.73 bits per heavy atom. The fourth-order valence-electron chi connectivity index (χ4n) is 1.01. The average Bonchev–Trinajstić information content (AvgIpc) is 2.22. The summed E-state index contributed by atoms with van der Waals surface area (Å²) in [4.78, 5) is 11.0. The van der Waals surface area contributed by atoms with Gasteiger partial charge < -0.3 is 15.2 Å². The molecule has 0 fully saturated rings. The van der Waals surface area contributed by atoms with Crippen molar-refractivity contribution >= 4 is 11.7 Å². The summed E-state index contributed by atoms with van der Waals surface area (Å²) in [6.07, 6.45) is -0.750. The fourth-order valence-corrected chi connectivity index (χ4v) is 1.01. The maximum absolute atomic E-state index is 12.8. The van der Waals surface area contributed by atoms with Gasteiger partial charge in [0.15, 0.2) is 6.10 Å². The molecule has 5 heteroatoms. The third-order valence-corrected chi connectivity index (χ3v) is 1.81. The van der Waals surface area contributed by atoms with Crippen molar-refractivity contribution in [2.24, 2.45) is 0 Å². The van der Waals surface area contributed by atoms with Gasteiger partial charge in [0.2, 0.25) is 0 Å². The summed E-state index contributed by atoms with van der Waals surface area (Å²) in [6, 6.07) is 3.88. The second kappa shape index (κ2) is 4.63. The number of hydrogen-bond acceptors (Lipinski definition) is 4. The zero-order valence-corrected chi connectivity index (χ0v) is 8.49. The van der Waals surface area contributed by atoms with Crippen LogP contribution in [0.5, 0.6) is 5.75 Å². The quantitative estimate of drug-likeness (QED) is 0.608. The van der Waals surface area contributed by atoms with E-state index in [2.05, 4.69) is 4.74 Å². The lowest BCUT2D eigenvalue weighted by Crippen LogP contribution is -2.24. The summed E-state index contributed by atoms with van der Waals surface area (Å²) < 4.78 is 22.4. The molecular weight excluding hydrogens is 201 g/mol. The molecule has 0 saturated carbocycles. The summed E-state index contributed by atoms with van der Waals surface area (Å²) in [6.45, 7) is 1.53. The molecular formula is C10H12FNO3. The second-order valence-electron chi connectivity index (χ2n) is 2.97. The van der Waals surface area contributed by atoms with Gasteiger partial charge in [0, 0.05) is 6.07 Å². The zero-order valence-electron chi connectivity index (χ0n) is 8.49. The van der Waals surface area contributed by atoms with Crippen LogP contribution in [0.3, 0.4) is 0 Å². The Morgan fingerprint density at radius 2 is 2.20 bits per heavy atom. The molecule has 4 nitrogen and oxygen atoms in total. The maximum Gasteiger partial charge on any atom is 0.346 e. The smallest absolute Gasteiger partial charge is 0.346 e. The minimum atomic E-state index is -0.750. The van der Waals surface area contributed by atoms with Crippen molar-refractivity contribution in [1.29, 1.82) is 0 Å². The lowest BCUT2D eigenvalue weighted by atomic mass is 10.3. The molecule has 1 rings (SSSR count). The topological polar surface area (TPSA) is 61.5 Å². The molecule has 15 heavy (non-hydrogen) atoms. The number of anilines is 1. The minimum absolute atomic E-state index is 0.0236. The molecule has 0 spiro atoms. The summed E-state index contributed by atoms with van der Waals surface area (Å²) in [5.41, 5.74) is 5.31. The minimum Gasteiger partial charge on any atom is -0.479 e. The predicted octanol–water partition coefficient (Wildman–Crippen LogP) is 1.35. The van der Waals surface area contributed by atoms with Crippen LogP contribution in [0, 0.1) is 5.82 Å². The average molecular weight is 213 g/mol. The largest absolute Gasteiger partial charge is 0.479 e. The van der Waals surface area contributed by atoms with Crippen LogP contribution in [0.1, 0.15) is 6.92 Å². The van der Waals surface area contributed by atoms with E-state index in [0.717, 1.165) is 0 Å². The standard InChI is InChI=1S/C10H12FNO3/c1-6(10(13)14-2)15-7-3-4-8(11)9(12)5-7/h3-6H,12H2,1-2H3/t6-/m1/s1. The third-order valence-electron chi connectivity index (χ3n) is 1.81. The molecule has 1 atom stereocenters. The fraction of sp³-hybridized carbons (Fsp3) is 0.300. The molecule has 0 radical (unpaired) electrons. The van der Waals surface area contributed by atoms with Crippen molar-refractivity contribution in [2.75, 3.05) is 12.8 Å². The van der Waals surface area contributed by atoms with E-state index in [4.69, 9.17) is 10.5 Å². The van der Waals surface area contributed by atoms with E-state index in [9.17, 15) is 9.18 Å². The number of nitrogen functional groups attached to an aromatic ring is 1. The highest BCUT2D eigenvalue weighted by molar-refractivity contribution is 5.74. The van der Waals surface area contributed by atoms with Crippen LogP contribution in [-0.4, -0.2) is 19.2 Å². The van der Waals surface area contributed by atoms with Crippen molar-refractivity contribution < 1.29 is 18.7 Å². The van der Waals surface area contributed by atoms with Gasteiger partial charge in [0.05, 0.1) is 12.8 Å². The van der Waals surface area contributed by atoms with Crippen LogP contribution in [0.15, 0.2) is 18.2 Å². The first kappa shape index (κ1) is 11.3. The van der Waals surface area contributed by atoms with Crippen molar-refractivity contribution in [3.8, 4) is 5.75 Å². The Bertz CT molecular complexity index is 368. The van der Waals surface area contributed by atoms with Crippen molar-refractivity contribution in [1.82, 2.24) is 0 Å². The van der Waals surface area contributed by atoms with Gasteiger partial charge in [0.1, 0.15) is 11.6 Å². The van der Waals surface area contributed by atoms with Crippen molar-refractivity contribution in [2.45, 2.75) is 13.0 Å². The van der Waals surface area contributed by atoms with Crippen molar-refractivity contribution in [3.05, 3.63) is 24.0 Å². The summed E-state index contributed by atoms with van der Waals surface area (Å²) in [7, 11) is 1.27. The molecule has 0 saturated heterocycles. The Labute approximate surface area is 86.8 Å². The molecule has 0 unspecified atom stereocenters. The van der Waals surface area contributed by atoms with E-state index in [-0.39, 0.29) is 5.69 Å². The number of nitrogens with two attached hydrogens (primary N) is 1. The predicted molar refractivity (Wildman–Crippen MR) is 52.9 cm³/mol. The normalized spacial score (nSPS) is 11.9. The molecule has 0 aromatic heterocycles. The number of benzene rings is 1. The molecule has 2 N–H and O–H groups in total. The highest BCUT2D eigenvalue weighted by atomic mass is 19.1. The van der Waals surface area contributed by atoms with Gasteiger partial charge in [-0.05, 0) is 19.1 Å². The van der Waals surface area contributed by atoms with E-state index in [0.29, 0.717) is 5.75 Å². The van der Waals surface area contributed by atoms with Crippen LogP contribution in [0.25, 0.3) is 0 Å². The lowest BCUT2D eigenvalue weighted by molar-refractivity contribution is -0.147. The molecule has 0 aliphatic rings. The first-order valence-corrected chi connectivity index (χ1v) is 4.34. The van der Waals surface area contributed by atoms with Gasteiger partial charge in [-0.2, -0.15) is 0 Å². The molecule has 0 aliphatic heterocycles. The zero-order chi connectivity index (χ0) is 11.4. The number of halogens is 1. The number of hydrogen-bond donors (Lipinski definition) is 1. The highest BCUT2D eigenvalue weighted by Gasteiger charge is 2.14. The SMILES string of the molecule is COC(=O)[C@@H](C)Oc1ccc(F)c(N)c1. The number of esters is 1. The first-order chi connectivity index (χ1) is 7.04. The van der Waals surface area contributed by atoms with Gasteiger partial charge >= 0.3 is 5.97 Å². The van der Waals surface area contributed by atoms with E-state index < -0.39 is 17.9 Å². The van der Waals surface area contributed by atoms with E-state index in [1.807, 2.05) is 0 Å². The Kier molecular flexibility index (Phi) is 3.49. The maximum atomic E-state index is 12.8. The van der Waals surface area contributed by atoms with Crippen LogP contribution >= 0.6 is 0 Å². The van der Waals surface area contributed by atoms with Gasteiger partial charge in [-0.1, -0.05) is 0 Å². The molecule has 0 bridgehead atoms. The lowest BCUT2D eigenvalue weighted by Gasteiger charge is -2.12. The second-order valence-corrected chi connectivity index (χ2v) is 2.97. The van der Waals surface area contributed by atoms with Crippen LogP contribution in [0.2, 0.25) is 0 Å². The molecule has 1 aromatic carbocycles. The number of rotatable bonds is 3. The van der Waals surface area contributed by atoms with Crippen LogP contribution in [-0.2, 0) is 9.53 Å². The van der Waals surface area contributed by atoms with Gasteiger partial charge in [0.25, 0.3) is 0 Å². The molecule has 0 aliphatic carbocycles. The first-order valence-electron chi connectivity index (χ1n) is 4.34. The third kappa shape index (κ3) is 2.83. The van der Waals surface area contributed by atoms with E-state index in [1.54, 1.807) is 0 Å². The van der Waals surface area contributed by atoms with Crippen LogP contribution < -0.4 is 10.5 Å². The molecule has 1 aromatic rings. The van der Waals surface area contributed by atoms with Gasteiger partial charge in [-0.3, -0.25) is 0 Å². The van der Waals surface area contributed by atoms with Gasteiger partial charge in [-0.25, -0.2) is 9.18 Å². The number of methoxy groups -OCH3 is 1. The Morgan fingerprint density at radius 1 is 1.53 bits per heavy atom. The summed E-state index contributed by atoms with van der Waals surface area (Å²) in [5, 5.41) is 0. The number of ether oxygens (including phenoxy) is 2. The molecule has 0 heterocycles. The Hall–Kier alpha value is -1.78. The van der Waals surface area contributed by atoms with Gasteiger partial charge in [-0.15, -0.1) is 0 Å². The summed E-state index contributed by atoms with van der Waals surface area (Å²) in [5.74, 6) is -0.697. The monoisotopic (exact) mass is 213 g/mol. The molecule has 0 amide bonds. The Balaban J connectivity index is 2.73. The molecule has 82 valence electrons. The van der Waals surface area contributed by atoms with E-state index in [1.165, 1.54) is 32.2 Å². The number of carbonyl (C=O) groups is 1. The van der Waals surface area contributed by atoms with Crippen molar-refractivity contribution in [3.63, 3.8) is 0 Å².